The van der Waals surface area contributed by atoms with Crippen molar-refractivity contribution in [2.24, 2.45) is 7.05 Å². The van der Waals surface area contributed by atoms with Crippen molar-refractivity contribution in [3.63, 3.8) is 0 Å². The van der Waals surface area contributed by atoms with Crippen molar-refractivity contribution >= 4 is 33.8 Å². The number of amides is 2. The van der Waals surface area contributed by atoms with Gasteiger partial charge in [-0.1, -0.05) is 36.4 Å². The van der Waals surface area contributed by atoms with E-state index in [1.807, 2.05) is 63.2 Å². The van der Waals surface area contributed by atoms with Crippen LogP contribution in [0.25, 0.3) is 21.8 Å². The molecule has 1 atom stereocenters. The second-order valence-corrected chi connectivity index (χ2v) is 10.3. The Balaban J connectivity index is 1.42. The van der Waals surface area contributed by atoms with E-state index in [9.17, 15) is 9.59 Å². The number of ether oxygens (including phenoxy) is 1. The first kappa shape index (κ1) is 23.0. The number of hydrogen-bond donors (Lipinski definition) is 2. The maximum atomic E-state index is 13.8. The molecule has 2 amide bonds. The summed E-state index contributed by atoms with van der Waals surface area (Å²) in [5, 5.41) is 5.17. The molecule has 5 rings (SSSR count). The zero-order valence-corrected chi connectivity index (χ0v) is 20.7. The van der Waals surface area contributed by atoms with Gasteiger partial charge in [0, 0.05) is 53.7 Å². The summed E-state index contributed by atoms with van der Waals surface area (Å²) < 4.78 is 7.55. The van der Waals surface area contributed by atoms with Crippen molar-refractivity contribution in [1.82, 2.24) is 19.8 Å². The lowest BCUT2D eigenvalue weighted by Crippen LogP contribution is -2.51. The Morgan fingerprint density at radius 2 is 1.80 bits per heavy atom. The number of carbonyl (C=O) groups excluding carboxylic acids is 2. The van der Waals surface area contributed by atoms with E-state index in [0.29, 0.717) is 19.5 Å². The lowest BCUT2D eigenvalue weighted by molar-refractivity contribution is -0.134. The van der Waals surface area contributed by atoms with Crippen LogP contribution >= 0.6 is 0 Å². The third-order valence-electron chi connectivity index (χ3n) is 6.59. The number of hydrogen-bond acceptors (Lipinski definition) is 3. The van der Waals surface area contributed by atoms with Gasteiger partial charge in [0.05, 0.1) is 6.54 Å². The van der Waals surface area contributed by atoms with Crippen LogP contribution in [0.5, 0.6) is 0 Å². The molecule has 2 aromatic carbocycles. The summed E-state index contributed by atoms with van der Waals surface area (Å²) in [6, 6.07) is 15.6. The van der Waals surface area contributed by atoms with E-state index in [4.69, 9.17) is 4.74 Å². The highest BCUT2D eigenvalue weighted by Gasteiger charge is 2.32. The maximum Gasteiger partial charge on any atom is 0.408 e. The van der Waals surface area contributed by atoms with Crippen LogP contribution in [-0.2, 0) is 36.0 Å². The van der Waals surface area contributed by atoms with Crippen LogP contribution in [0.1, 0.15) is 37.6 Å². The van der Waals surface area contributed by atoms with Crippen LogP contribution in [0.15, 0.2) is 54.7 Å². The number of aromatic amines is 1. The van der Waals surface area contributed by atoms with Crippen LogP contribution in [0, 0.1) is 0 Å². The fourth-order valence-corrected chi connectivity index (χ4v) is 5.06. The fraction of sp³-hybridized carbons (Fsp3) is 0.357. The van der Waals surface area contributed by atoms with Crippen LogP contribution in [-0.4, -0.2) is 44.6 Å². The number of nitrogens with zero attached hydrogens (tertiary/aromatic N) is 2. The van der Waals surface area contributed by atoms with Crippen LogP contribution in [0.3, 0.4) is 0 Å². The van der Waals surface area contributed by atoms with E-state index in [0.717, 1.165) is 34.1 Å². The lowest BCUT2D eigenvalue weighted by atomic mass is 10.0. The van der Waals surface area contributed by atoms with Crippen molar-refractivity contribution in [2.45, 2.75) is 51.8 Å². The van der Waals surface area contributed by atoms with E-state index < -0.39 is 17.7 Å². The van der Waals surface area contributed by atoms with Crippen molar-refractivity contribution in [1.29, 1.82) is 0 Å². The minimum Gasteiger partial charge on any atom is -0.444 e. The second kappa shape index (κ2) is 8.80. The molecular formula is C28H32N4O3. The van der Waals surface area contributed by atoms with Gasteiger partial charge in [-0.15, -0.1) is 0 Å². The van der Waals surface area contributed by atoms with Gasteiger partial charge in [-0.05, 0) is 50.5 Å². The molecule has 0 bridgehead atoms. The molecule has 4 aromatic rings. The molecule has 0 aliphatic carbocycles. The molecular weight excluding hydrogens is 440 g/mol. The Morgan fingerprint density at radius 1 is 1.09 bits per heavy atom. The van der Waals surface area contributed by atoms with Gasteiger partial charge in [-0.3, -0.25) is 4.79 Å². The molecule has 2 aromatic heterocycles. The number of aryl methyl sites for hydroxylation is 1. The zero-order chi connectivity index (χ0) is 24.7. The molecule has 7 nitrogen and oxygen atoms in total. The van der Waals surface area contributed by atoms with Crippen LogP contribution < -0.4 is 5.32 Å². The Hall–Kier alpha value is -3.74. The SMILES string of the molecule is Cn1cc(C[C@@H](NC(=O)OC(C)(C)C)C(=O)N2CCc3c([nH]c4ccccc34)C2)c2ccccc21. The van der Waals surface area contributed by atoms with Gasteiger partial charge in [0.1, 0.15) is 11.6 Å². The fourth-order valence-electron chi connectivity index (χ4n) is 5.06. The summed E-state index contributed by atoms with van der Waals surface area (Å²) in [4.78, 5) is 31.8. The first-order valence-electron chi connectivity index (χ1n) is 12.1. The third-order valence-corrected chi connectivity index (χ3v) is 6.59. The van der Waals surface area contributed by atoms with Gasteiger partial charge >= 0.3 is 6.09 Å². The van der Waals surface area contributed by atoms with Crippen LogP contribution in [0.2, 0.25) is 0 Å². The summed E-state index contributed by atoms with van der Waals surface area (Å²) in [5.41, 5.74) is 4.88. The van der Waals surface area contributed by atoms with Gasteiger partial charge < -0.3 is 24.5 Å². The Bertz CT molecular complexity index is 1410. The normalized spacial score (nSPS) is 14.7. The monoisotopic (exact) mass is 472 g/mol. The number of H-pyrrole nitrogens is 1. The van der Waals surface area contributed by atoms with E-state index in [1.165, 1.54) is 10.9 Å². The van der Waals surface area contributed by atoms with Crippen LogP contribution in [0.4, 0.5) is 4.79 Å². The molecule has 1 aliphatic rings. The molecule has 0 spiro atoms. The molecule has 0 fully saturated rings. The average Bonchev–Trinajstić information content (AvgIpc) is 3.34. The Labute approximate surface area is 205 Å². The Kier molecular flexibility index (Phi) is 5.79. The number of alkyl carbamates (subject to hydrolysis) is 1. The molecule has 0 saturated heterocycles. The molecule has 35 heavy (non-hydrogen) atoms. The minimum absolute atomic E-state index is 0.104. The molecule has 182 valence electrons. The molecule has 0 unspecified atom stereocenters. The quantitative estimate of drug-likeness (QED) is 0.453. The number of rotatable bonds is 4. The highest BCUT2D eigenvalue weighted by molar-refractivity contribution is 5.90. The van der Waals surface area contributed by atoms with Crippen molar-refractivity contribution in [2.75, 3.05) is 6.54 Å². The number of nitrogens with one attached hydrogen (secondary N) is 2. The number of carbonyl (C=O) groups is 2. The average molecular weight is 473 g/mol. The molecule has 2 N–H and O–H groups in total. The zero-order valence-electron chi connectivity index (χ0n) is 20.7. The van der Waals surface area contributed by atoms with Crippen molar-refractivity contribution < 1.29 is 14.3 Å². The predicted octanol–water partition coefficient (Wildman–Crippen LogP) is 4.68. The highest BCUT2D eigenvalue weighted by Crippen LogP contribution is 2.28. The summed E-state index contributed by atoms with van der Waals surface area (Å²) in [5.74, 6) is -0.104. The van der Waals surface area contributed by atoms with Gasteiger partial charge in [0.15, 0.2) is 0 Å². The summed E-state index contributed by atoms with van der Waals surface area (Å²) >= 11 is 0. The lowest BCUT2D eigenvalue weighted by Gasteiger charge is -2.31. The standard InChI is InChI=1S/C28H32N4O3/c1-28(2,3)35-27(34)30-23(15-18-16-31(4)25-12-8-6-9-19(18)25)26(33)32-14-13-21-20-10-5-7-11-22(20)29-24(21)17-32/h5-12,16,23,29H,13-15,17H2,1-4H3,(H,30,34)/t23-/m1/s1. The van der Waals surface area contributed by atoms with Gasteiger partial charge in [0.25, 0.3) is 0 Å². The number of aromatic nitrogens is 2. The Morgan fingerprint density at radius 3 is 2.57 bits per heavy atom. The maximum absolute atomic E-state index is 13.8. The molecule has 0 saturated carbocycles. The second-order valence-electron chi connectivity index (χ2n) is 10.3. The molecule has 7 heteroatoms. The topological polar surface area (TPSA) is 79.4 Å². The smallest absolute Gasteiger partial charge is 0.408 e. The molecule has 1 aliphatic heterocycles. The van der Waals surface area contributed by atoms with Gasteiger partial charge in [-0.2, -0.15) is 0 Å². The third kappa shape index (κ3) is 4.63. The van der Waals surface area contributed by atoms with E-state index >= 15 is 0 Å². The predicted molar refractivity (Wildman–Crippen MR) is 137 cm³/mol. The molecule has 0 radical (unpaired) electrons. The first-order valence-corrected chi connectivity index (χ1v) is 12.1. The minimum atomic E-state index is -0.735. The largest absolute Gasteiger partial charge is 0.444 e. The number of fused-ring (bicyclic) bond motifs is 4. The number of para-hydroxylation sites is 2. The highest BCUT2D eigenvalue weighted by atomic mass is 16.6. The number of benzene rings is 2. The first-order chi connectivity index (χ1) is 16.7. The van der Waals surface area contributed by atoms with E-state index in [-0.39, 0.29) is 5.91 Å². The van der Waals surface area contributed by atoms with E-state index in [1.54, 1.807) is 0 Å². The van der Waals surface area contributed by atoms with E-state index in [2.05, 4.69) is 39.1 Å². The summed E-state index contributed by atoms with van der Waals surface area (Å²) in [6.07, 6.45) is 2.61. The summed E-state index contributed by atoms with van der Waals surface area (Å²) in [6.45, 7) is 6.54. The summed E-state index contributed by atoms with van der Waals surface area (Å²) in [7, 11) is 1.99. The van der Waals surface area contributed by atoms with Gasteiger partial charge in [0.2, 0.25) is 5.91 Å². The van der Waals surface area contributed by atoms with Crippen molar-refractivity contribution in [3.8, 4) is 0 Å². The van der Waals surface area contributed by atoms with Crippen molar-refractivity contribution in [3.05, 3.63) is 71.5 Å². The van der Waals surface area contributed by atoms with Gasteiger partial charge in [-0.25, -0.2) is 4.79 Å². The molecule has 3 heterocycles.